The number of hydrogen-bond acceptors (Lipinski definition) is 7. The molecule has 3 aromatic rings. The molecule has 0 unspecified atom stereocenters. The lowest BCUT2D eigenvalue weighted by Crippen LogP contribution is -2.37. The summed E-state index contributed by atoms with van der Waals surface area (Å²) in [5.41, 5.74) is 1.27. The summed E-state index contributed by atoms with van der Waals surface area (Å²) in [5, 5.41) is 6.73. The highest BCUT2D eigenvalue weighted by molar-refractivity contribution is 7.19. The van der Waals surface area contributed by atoms with Crippen LogP contribution >= 0.6 is 11.3 Å². The number of rotatable bonds is 8. The standard InChI is InChI=1S/C25H29N5O3S/c1-3-5-18-19(4-2)34-25-21(24(32)27-11-10-26-16-6-7-16)22(31)17-8-9-20(28-23(17)30(18)25)29-12-14-33-15-13-29/h3-5,8-9,16,26H,2,6-7,10-15H2,1H3,(H,27,32)/b5-3-. The first-order valence-electron chi connectivity index (χ1n) is 11.7. The number of anilines is 1. The summed E-state index contributed by atoms with van der Waals surface area (Å²) >= 11 is 1.39. The van der Waals surface area contributed by atoms with Crippen molar-refractivity contribution in [2.45, 2.75) is 25.8 Å². The third-order valence-corrected chi connectivity index (χ3v) is 7.33. The molecule has 8 nitrogen and oxygen atoms in total. The smallest absolute Gasteiger partial charge is 0.258 e. The monoisotopic (exact) mass is 479 g/mol. The van der Waals surface area contributed by atoms with Gasteiger partial charge in [0.15, 0.2) is 5.65 Å². The van der Waals surface area contributed by atoms with E-state index in [0.29, 0.717) is 48.2 Å². The van der Waals surface area contributed by atoms with E-state index >= 15 is 0 Å². The van der Waals surface area contributed by atoms with Gasteiger partial charge in [0.2, 0.25) is 5.43 Å². The summed E-state index contributed by atoms with van der Waals surface area (Å²) in [6.45, 7) is 9.83. The Morgan fingerprint density at radius 3 is 2.79 bits per heavy atom. The van der Waals surface area contributed by atoms with Crippen LogP contribution in [0, 0.1) is 0 Å². The Hall–Kier alpha value is -3.01. The molecule has 9 heteroatoms. The molecule has 0 spiro atoms. The number of aromatic nitrogens is 2. The maximum atomic E-state index is 13.6. The van der Waals surface area contributed by atoms with Crippen molar-refractivity contribution in [1.29, 1.82) is 0 Å². The second kappa shape index (κ2) is 9.69. The molecule has 2 fully saturated rings. The molecule has 1 aliphatic heterocycles. The minimum atomic E-state index is -0.358. The summed E-state index contributed by atoms with van der Waals surface area (Å²) in [4.78, 5) is 35.4. The average Bonchev–Trinajstić information content (AvgIpc) is 3.62. The van der Waals surface area contributed by atoms with Crippen LogP contribution in [0.15, 0.2) is 29.6 Å². The van der Waals surface area contributed by atoms with Gasteiger partial charge in [-0.25, -0.2) is 4.98 Å². The Morgan fingerprint density at radius 2 is 2.09 bits per heavy atom. The number of pyridine rings is 2. The lowest BCUT2D eigenvalue weighted by Gasteiger charge is -2.28. The van der Waals surface area contributed by atoms with Gasteiger partial charge >= 0.3 is 0 Å². The number of ether oxygens (including phenoxy) is 1. The zero-order chi connectivity index (χ0) is 23.7. The molecule has 178 valence electrons. The summed E-state index contributed by atoms with van der Waals surface area (Å²) in [6.07, 6.45) is 8.04. The fourth-order valence-electron chi connectivity index (χ4n) is 4.27. The number of nitrogens with one attached hydrogen (secondary N) is 2. The van der Waals surface area contributed by atoms with Gasteiger partial charge in [-0.3, -0.25) is 14.0 Å². The van der Waals surface area contributed by atoms with Crippen LogP contribution in [0.4, 0.5) is 5.82 Å². The first kappa shape index (κ1) is 22.8. The zero-order valence-electron chi connectivity index (χ0n) is 19.3. The van der Waals surface area contributed by atoms with Crippen LogP contribution in [0.3, 0.4) is 0 Å². The molecule has 5 rings (SSSR count). The van der Waals surface area contributed by atoms with E-state index in [2.05, 4.69) is 22.1 Å². The molecule has 0 bridgehead atoms. The van der Waals surface area contributed by atoms with Gasteiger partial charge in [-0.15, -0.1) is 11.3 Å². The molecule has 0 atom stereocenters. The molecule has 3 aromatic heterocycles. The zero-order valence-corrected chi connectivity index (χ0v) is 20.1. The lowest BCUT2D eigenvalue weighted by atomic mass is 10.1. The average molecular weight is 480 g/mol. The van der Waals surface area contributed by atoms with Crippen LogP contribution in [0.5, 0.6) is 0 Å². The van der Waals surface area contributed by atoms with Crippen LogP contribution in [0.1, 0.15) is 40.7 Å². The van der Waals surface area contributed by atoms with Gasteiger partial charge in [-0.05, 0) is 44.1 Å². The Bertz CT molecular complexity index is 1330. The Kier molecular flexibility index (Phi) is 6.49. The minimum absolute atomic E-state index is 0.156. The van der Waals surface area contributed by atoms with Crippen LogP contribution in [-0.2, 0) is 4.74 Å². The van der Waals surface area contributed by atoms with Gasteiger partial charge in [0.05, 0.1) is 29.2 Å². The number of carbonyl (C=O) groups excluding carboxylic acids is 1. The normalized spacial score (nSPS) is 16.6. The van der Waals surface area contributed by atoms with Gasteiger partial charge in [-0.2, -0.15) is 0 Å². The molecular formula is C25H29N5O3S. The Balaban J connectivity index is 1.65. The second-order valence-corrected chi connectivity index (χ2v) is 9.56. The Morgan fingerprint density at radius 1 is 1.29 bits per heavy atom. The molecule has 0 aromatic carbocycles. The Labute approximate surface area is 201 Å². The SMILES string of the molecule is C=Cc1sc2c(C(=O)NCCNC3CC3)c(=O)c3ccc(N4CCOCC4)nc3n2c1/C=C\C. The van der Waals surface area contributed by atoms with Crippen molar-refractivity contribution >= 4 is 51.1 Å². The van der Waals surface area contributed by atoms with E-state index in [1.165, 1.54) is 24.2 Å². The molecule has 1 aliphatic carbocycles. The number of nitrogens with zero attached hydrogens (tertiary/aromatic N) is 3. The topological polar surface area (TPSA) is 88.0 Å². The number of carbonyl (C=O) groups is 1. The van der Waals surface area contributed by atoms with Gasteiger partial charge in [0.25, 0.3) is 5.91 Å². The van der Waals surface area contributed by atoms with Crippen molar-refractivity contribution < 1.29 is 9.53 Å². The van der Waals surface area contributed by atoms with Crippen molar-refractivity contribution in [2.75, 3.05) is 44.3 Å². The van der Waals surface area contributed by atoms with E-state index < -0.39 is 0 Å². The van der Waals surface area contributed by atoms with Crippen LogP contribution in [0.2, 0.25) is 0 Å². The molecule has 34 heavy (non-hydrogen) atoms. The summed E-state index contributed by atoms with van der Waals surface area (Å²) in [6, 6.07) is 4.22. The molecule has 1 saturated heterocycles. The maximum absolute atomic E-state index is 13.6. The molecule has 1 amide bonds. The van der Waals surface area contributed by atoms with E-state index in [4.69, 9.17) is 9.72 Å². The van der Waals surface area contributed by atoms with Gasteiger partial charge in [0.1, 0.15) is 16.2 Å². The summed E-state index contributed by atoms with van der Waals surface area (Å²) < 4.78 is 7.40. The fraction of sp³-hybridized carbons (Fsp3) is 0.400. The largest absolute Gasteiger partial charge is 0.378 e. The van der Waals surface area contributed by atoms with Gasteiger partial charge in [0, 0.05) is 32.2 Å². The van der Waals surface area contributed by atoms with Crippen molar-refractivity contribution in [1.82, 2.24) is 20.0 Å². The van der Waals surface area contributed by atoms with Gasteiger partial charge in [-0.1, -0.05) is 12.7 Å². The third-order valence-electron chi connectivity index (χ3n) is 6.15. The third kappa shape index (κ3) is 4.26. The number of thiazole rings is 1. The molecule has 2 aliphatic rings. The molecule has 4 heterocycles. The number of allylic oxidation sites excluding steroid dienone is 1. The maximum Gasteiger partial charge on any atom is 0.258 e. The van der Waals surface area contributed by atoms with Crippen molar-refractivity contribution in [2.24, 2.45) is 0 Å². The minimum Gasteiger partial charge on any atom is -0.378 e. The molecular weight excluding hydrogens is 450 g/mol. The van der Waals surface area contributed by atoms with Crippen LogP contribution < -0.4 is 21.0 Å². The molecule has 0 radical (unpaired) electrons. The molecule has 2 N–H and O–H groups in total. The van der Waals surface area contributed by atoms with Crippen molar-refractivity contribution in [3.8, 4) is 0 Å². The number of morpholine rings is 1. The van der Waals surface area contributed by atoms with E-state index in [-0.39, 0.29) is 16.9 Å². The summed E-state index contributed by atoms with van der Waals surface area (Å²) in [7, 11) is 0. The van der Waals surface area contributed by atoms with E-state index in [1.54, 1.807) is 12.1 Å². The first-order valence-corrected chi connectivity index (χ1v) is 12.6. The number of amides is 1. The predicted molar refractivity (Wildman–Crippen MR) is 138 cm³/mol. The quantitative estimate of drug-likeness (QED) is 0.483. The first-order chi connectivity index (χ1) is 16.6. The second-order valence-electron chi connectivity index (χ2n) is 8.52. The van der Waals surface area contributed by atoms with E-state index in [0.717, 1.165) is 29.5 Å². The fourth-order valence-corrected chi connectivity index (χ4v) is 5.39. The van der Waals surface area contributed by atoms with Crippen LogP contribution in [-0.4, -0.2) is 60.7 Å². The highest BCUT2D eigenvalue weighted by Crippen LogP contribution is 2.31. The van der Waals surface area contributed by atoms with E-state index in [1.807, 2.05) is 29.5 Å². The molecule has 1 saturated carbocycles. The highest BCUT2D eigenvalue weighted by Gasteiger charge is 2.25. The number of hydrogen-bond donors (Lipinski definition) is 2. The van der Waals surface area contributed by atoms with E-state index in [9.17, 15) is 9.59 Å². The number of fused-ring (bicyclic) bond motifs is 3. The van der Waals surface area contributed by atoms with Crippen molar-refractivity contribution in [3.05, 3.63) is 51.1 Å². The van der Waals surface area contributed by atoms with Gasteiger partial charge < -0.3 is 20.3 Å². The predicted octanol–water partition coefficient (Wildman–Crippen LogP) is 2.90. The summed E-state index contributed by atoms with van der Waals surface area (Å²) in [5.74, 6) is 0.438. The van der Waals surface area contributed by atoms with Crippen LogP contribution in [0.25, 0.3) is 28.0 Å². The lowest BCUT2D eigenvalue weighted by molar-refractivity contribution is 0.0954. The van der Waals surface area contributed by atoms with Crippen molar-refractivity contribution in [3.63, 3.8) is 0 Å². The highest BCUT2D eigenvalue weighted by atomic mass is 32.1.